The fourth-order valence-corrected chi connectivity index (χ4v) is 9.98. The van der Waals surface area contributed by atoms with Gasteiger partial charge in [-0.3, -0.25) is 0 Å². The lowest BCUT2D eigenvalue weighted by Crippen LogP contribution is -2.29. The Labute approximate surface area is 318 Å². The first-order valence-corrected chi connectivity index (χ1v) is 19.1. The number of nitrogens with zero attached hydrogens (tertiary/aromatic N) is 2. The van der Waals surface area contributed by atoms with Crippen LogP contribution in [0.4, 0.5) is 0 Å². The van der Waals surface area contributed by atoms with Crippen LogP contribution < -0.4 is 0 Å². The van der Waals surface area contributed by atoms with E-state index < -0.39 is 5.41 Å². The SMILES string of the molecule is c1ccc(C2(c3ccccc3)c3cc(-n4c5ccccc5c5ccccc54)ccc3-c3ccc4cc(-n5c6ccccc6c6ccccc65)ccc4c32)cc1. The topological polar surface area (TPSA) is 9.86 Å². The van der Waals surface area contributed by atoms with Gasteiger partial charge in [-0.2, -0.15) is 0 Å². The summed E-state index contributed by atoms with van der Waals surface area (Å²) in [7, 11) is 0. The van der Waals surface area contributed by atoms with Crippen LogP contribution >= 0.6 is 0 Å². The van der Waals surface area contributed by atoms with Crippen LogP contribution in [-0.4, -0.2) is 9.13 Å². The van der Waals surface area contributed by atoms with Crippen LogP contribution in [0.3, 0.4) is 0 Å². The first-order chi connectivity index (χ1) is 27.3. The summed E-state index contributed by atoms with van der Waals surface area (Å²) in [6.45, 7) is 0. The highest BCUT2D eigenvalue weighted by molar-refractivity contribution is 6.11. The molecule has 1 aliphatic carbocycles. The van der Waals surface area contributed by atoms with Crippen LogP contribution in [0, 0.1) is 0 Å². The molecular weight excluding hydrogens is 665 g/mol. The zero-order valence-electron chi connectivity index (χ0n) is 30.0. The molecule has 2 heteroatoms. The first-order valence-electron chi connectivity index (χ1n) is 19.1. The number of hydrogen-bond acceptors (Lipinski definition) is 0. The fraction of sp³-hybridized carbons (Fsp3) is 0.0189. The molecule has 0 N–H and O–H groups in total. The highest BCUT2D eigenvalue weighted by Crippen LogP contribution is 2.58. The lowest BCUT2D eigenvalue weighted by molar-refractivity contribution is 0.774. The molecule has 2 nitrogen and oxygen atoms in total. The van der Waals surface area contributed by atoms with E-state index in [0.717, 1.165) is 5.69 Å². The van der Waals surface area contributed by atoms with E-state index in [2.05, 4.69) is 215 Å². The number of hydrogen-bond donors (Lipinski definition) is 0. The van der Waals surface area contributed by atoms with Crippen molar-refractivity contribution in [2.75, 3.05) is 0 Å². The van der Waals surface area contributed by atoms with Gasteiger partial charge in [-0.15, -0.1) is 0 Å². The number of para-hydroxylation sites is 4. The molecule has 11 aromatic rings. The van der Waals surface area contributed by atoms with Crippen molar-refractivity contribution in [3.63, 3.8) is 0 Å². The summed E-state index contributed by atoms with van der Waals surface area (Å²) < 4.78 is 4.87. The molecule has 2 aromatic heterocycles. The lowest BCUT2D eigenvalue weighted by atomic mass is 9.66. The molecule has 0 saturated carbocycles. The molecule has 12 rings (SSSR count). The van der Waals surface area contributed by atoms with Crippen molar-refractivity contribution < 1.29 is 0 Å². The van der Waals surface area contributed by atoms with E-state index in [1.54, 1.807) is 0 Å². The van der Waals surface area contributed by atoms with E-state index in [-0.39, 0.29) is 0 Å². The molecule has 0 saturated heterocycles. The summed E-state index contributed by atoms with van der Waals surface area (Å²) in [6.07, 6.45) is 0. The maximum atomic E-state index is 2.48. The highest BCUT2D eigenvalue weighted by Gasteiger charge is 2.47. The third-order valence-electron chi connectivity index (χ3n) is 12.2. The summed E-state index contributed by atoms with van der Waals surface area (Å²) in [6, 6.07) is 76.4. The van der Waals surface area contributed by atoms with Crippen molar-refractivity contribution in [3.05, 3.63) is 229 Å². The number of fused-ring (bicyclic) bond motifs is 11. The molecule has 0 amide bonds. The van der Waals surface area contributed by atoms with E-state index in [0.29, 0.717) is 0 Å². The maximum Gasteiger partial charge on any atom is 0.0720 e. The van der Waals surface area contributed by atoms with Gasteiger partial charge in [0.25, 0.3) is 0 Å². The Morgan fingerprint density at radius 2 is 0.727 bits per heavy atom. The number of rotatable bonds is 4. The van der Waals surface area contributed by atoms with Crippen molar-refractivity contribution in [1.29, 1.82) is 0 Å². The predicted octanol–water partition coefficient (Wildman–Crippen LogP) is 13.4. The summed E-state index contributed by atoms with van der Waals surface area (Å²) in [5, 5.41) is 7.57. The van der Waals surface area contributed by atoms with E-state index in [1.807, 2.05) is 0 Å². The molecule has 0 aliphatic heterocycles. The molecule has 0 atom stereocenters. The van der Waals surface area contributed by atoms with Gasteiger partial charge in [0.1, 0.15) is 0 Å². The molecule has 1 aliphatic rings. The van der Waals surface area contributed by atoms with E-state index in [1.165, 1.54) is 93.5 Å². The Morgan fingerprint density at radius 3 is 1.24 bits per heavy atom. The van der Waals surface area contributed by atoms with Gasteiger partial charge >= 0.3 is 0 Å². The van der Waals surface area contributed by atoms with Gasteiger partial charge in [-0.05, 0) is 92.7 Å². The summed E-state index contributed by atoms with van der Waals surface area (Å²) in [5.74, 6) is 0. The zero-order chi connectivity index (χ0) is 36.1. The van der Waals surface area contributed by atoms with Crippen LogP contribution in [0.15, 0.2) is 206 Å². The summed E-state index contributed by atoms with van der Waals surface area (Å²) in [5.41, 5.74) is 14.4. The Kier molecular flexibility index (Phi) is 6.29. The maximum absolute atomic E-state index is 2.48. The zero-order valence-corrected chi connectivity index (χ0v) is 30.0. The van der Waals surface area contributed by atoms with E-state index in [4.69, 9.17) is 0 Å². The van der Waals surface area contributed by atoms with E-state index >= 15 is 0 Å². The third-order valence-corrected chi connectivity index (χ3v) is 12.2. The second-order valence-corrected chi connectivity index (χ2v) is 14.8. The van der Waals surface area contributed by atoms with Gasteiger partial charge in [0, 0.05) is 32.9 Å². The quantitative estimate of drug-likeness (QED) is 0.173. The average molecular weight is 699 g/mol. The van der Waals surface area contributed by atoms with Crippen LogP contribution in [-0.2, 0) is 5.41 Å². The summed E-state index contributed by atoms with van der Waals surface area (Å²) in [4.78, 5) is 0. The number of aromatic nitrogens is 2. The van der Waals surface area contributed by atoms with Gasteiger partial charge in [0.15, 0.2) is 0 Å². The lowest BCUT2D eigenvalue weighted by Gasteiger charge is -2.35. The largest absolute Gasteiger partial charge is 0.309 e. The van der Waals surface area contributed by atoms with Crippen LogP contribution in [0.2, 0.25) is 0 Å². The van der Waals surface area contributed by atoms with Crippen LogP contribution in [0.25, 0.3) is 76.9 Å². The van der Waals surface area contributed by atoms with Crippen molar-refractivity contribution in [3.8, 4) is 22.5 Å². The Morgan fingerprint density at radius 1 is 0.309 bits per heavy atom. The van der Waals surface area contributed by atoms with Crippen molar-refractivity contribution in [2.24, 2.45) is 0 Å². The molecule has 9 aromatic carbocycles. The van der Waals surface area contributed by atoms with Gasteiger partial charge < -0.3 is 9.13 Å². The van der Waals surface area contributed by atoms with Gasteiger partial charge in [-0.25, -0.2) is 0 Å². The first kappa shape index (κ1) is 30.3. The molecule has 0 radical (unpaired) electrons. The minimum atomic E-state index is -0.560. The fourth-order valence-electron chi connectivity index (χ4n) is 9.98. The minimum absolute atomic E-state index is 0.560. The van der Waals surface area contributed by atoms with E-state index in [9.17, 15) is 0 Å². The normalized spacial score (nSPS) is 13.2. The molecule has 256 valence electrons. The standard InChI is InChI=1S/C53H34N2/c1-3-15-36(16-4-1)53(37-17-5-2-6-18-37)47-34-39(55-50-25-13-9-21-44(50)45-22-10-14-26-51(45)55)29-32-41(47)46-30-27-35-33-38(28-31-40(35)52(46)53)54-48-23-11-7-19-42(48)43-20-8-12-24-49(43)54/h1-34H. The van der Waals surface area contributed by atoms with Crippen molar-refractivity contribution >= 4 is 54.4 Å². The molecule has 0 spiro atoms. The van der Waals surface area contributed by atoms with Crippen molar-refractivity contribution in [1.82, 2.24) is 9.13 Å². The van der Waals surface area contributed by atoms with Gasteiger partial charge in [0.05, 0.1) is 27.5 Å². The Hall–Kier alpha value is -7.16. The van der Waals surface area contributed by atoms with Crippen molar-refractivity contribution in [2.45, 2.75) is 5.41 Å². The minimum Gasteiger partial charge on any atom is -0.309 e. The van der Waals surface area contributed by atoms with Crippen LogP contribution in [0.5, 0.6) is 0 Å². The second-order valence-electron chi connectivity index (χ2n) is 14.8. The monoisotopic (exact) mass is 698 g/mol. The average Bonchev–Trinajstić information content (AvgIpc) is 3.88. The summed E-state index contributed by atoms with van der Waals surface area (Å²) >= 11 is 0. The van der Waals surface area contributed by atoms with Crippen LogP contribution in [0.1, 0.15) is 22.3 Å². The second kappa shape index (κ2) is 11.4. The third kappa shape index (κ3) is 4.08. The van der Waals surface area contributed by atoms with Gasteiger partial charge in [0.2, 0.25) is 0 Å². The Balaban J connectivity index is 1.17. The number of benzene rings is 9. The highest BCUT2D eigenvalue weighted by atomic mass is 15.0. The predicted molar refractivity (Wildman–Crippen MR) is 230 cm³/mol. The van der Waals surface area contributed by atoms with Gasteiger partial charge in [-0.1, -0.05) is 158 Å². The Bertz CT molecular complexity index is 3160. The molecule has 2 heterocycles. The molecule has 0 fully saturated rings. The molecule has 0 unspecified atom stereocenters. The molecule has 55 heavy (non-hydrogen) atoms. The molecule has 0 bridgehead atoms. The smallest absolute Gasteiger partial charge is 0.0720 e. The molecular formula is C53H34N2.